The standard InChI is InChI=1S/C28H35N3O3/c1-6-21-8-7-9-26(29-21)28(32)30-22-16-23-10-11-24(17-22)31(23)20(4)25-12-13-27(19(3)18(25)2)34-15-14-33-5/h1,7-9,12-13,20,22-24H,10-11,14-17H2,2-5H3,(H,30,32). The molecule has 0 spiro atoms. The van der Waals surface area contributed by atoms with E-state index in [2.05, 4.69) is 54.0 Å². The first-order valence-corrected chi connectivity index (χ1v) is 12.2. The van der Waals surface area contributed by atoms with Gasteiger partial charge in [-0.25, -0.2) is 4.98 Å². The zero-order chi connectivity index (χ0) is 24.2. The van der Waals surface area contributed by atoms with Crippen molar-refractivity contribution in [2.24, 2.45) is 0 Å². The maximum atomic E-state index is 12.8. The number of amides is 1. The first kappa shape index (κ1) is 24.3. The lowest BCUT2D eigenvalue weighted by Crippen LogP contribution is -2.51. The average Bonchev–Trinajstić information content (AvgIpc) is 3.11. The summed E-state index contributed by atoms with van der Waals surface area (Å²) in [6.45, 7) is 7.77. The molecule has 34 heavy (non-hydrogen) atoms. The minimum atomic E-state index is -0.140. The number of aromatic nitrogens is 1. The largest absolute Gasteiger partial charge is 0.491 e. The molecular weight excluding hydrogens is 426 g/mol. The first-order chi connectivity index (χ1) is 16.4. The van der Waals surface area contributed by atoms with E-state index >= 15 is 0 Å². The Morgan fingerprint density at radius 1 is 1.18 bits per heavy atom. The number of rotatable bonds is 8. The molecule has 2 bridgehead atoms. The number of carbonyl (C=O) groups is 1. The van der Waals surface area contributed by atoms with Gasteiger partial charge in [-0.15, -0.1) is 6.42 Å². The number of benzene rings is 1. The summed E-state index contributed by atoms with van der Waals surface area (Å²) in [5.74, 6) is 3.28. The Balaban J connectivity index is 1.43. The fraction of sp³-hybridized carbons (Fsp3) is 0.500. The van der Waals surface area contributed by atoms with Crippen LogP contribution in [0.15, 0.2) is 30.3 Å². The van der Waals surface area contributed by atoms with Crippen molar-refractivity contribution >= 4 is 5.91 Å². The van der Waals surface area contributed by atoms with Crippen LogP contribution in [0.1, 0.15) is 71.5 Å². The monoisotopic (exact) mass is 461 g/mol. The highest BCUT2D eigenvalue weighted by Crippen LogP contribution is 2.43. The molecule has 1 amide bonds. The normalized spacial score (nSPS) is 22.7. The fourth-order valence-electron chi connectivity index (χ4n) is 5.69. The molecule has 3 atom stereocenters. The molecule has 180 valence electrons. The van der Waals surface area contributed by atoms with Gasteiger partial charge in [0.1, 0.15) is 23.7 Å². The molecule has 2 aromatic rings. The molecule has 6 heteroatoms. The highest BCUT2D eigenvalue weighted by atomic mass is 16.5. The number of nitrogens with zero attached hydrogens (tertiary/aromatic N) is 2. The van der Waals surface area contributed by atoms with E-state index < -0.39 is 0 Å². The Morgan fingerprint density at radius 3 is 2.59 bits per heavy atom. The third-order valence-electron chi connectivity index (χ3n) is 7.48. The number of fused-ring (bicyclic) bond motifs is 2. The summed E-state index contributed by atoms with van der Waals surface area (Å²) in [6.07, 6.45) is 9.68. The van der Waals surface area contributed by atoms with Gasteiger partial charge in [-0.3, -0.25) is 9.69 Å². The van der Waals surface area contributed by atoms with Crippen LogP contribution in [0.4, 0.5) is 0 Å². The van der Waals surface area contributed by atoms with Crippen molar-refractivity contribution in [1.82, 2.24) is 15.2 Å². The molecule has 2 aliphatic heterocycles. The molecule has 2 fully saturated rings. The molecule has 0 saturated carbocycles. The number of ether oxygens (including phenoxy) is 2. The van der Waals surface area contributed by atoms with Gasteiger partial charge in [-0.05, 0) is 81.3 Å². The van der Waals surface area contributed by atoms with E-state index in [1.807, 2.05) is 0 Å². The highest BCUT2D eigenvalue weighted by Gasteiger charge is 2.43. The molecule has 3 heterocycles. The topological polar surface area (TPSA) is 63.7 Å². The summed E-state index contributed by atoms with van der Waals surface area (Å²) in [4.78, 5) is 19.7. The molecular formula is C28H35N3O3. The molecule has 1 aromatic heterocycles. The first-order valence-electron chi connectivity index (χ1n) is 12.2. The van der Waals surface area contributed by atoms with Crippen LogP contribution >= 0.6 is 0 Å². The number of hydrogen-bond acceptors (Lipinski definition) is 5. The van der Waals surface area contributed by atoms with E-state index in [0.717, 1.165) is 18.6 Å². The van der Waals surface area contributed by atoms with Crippen LogP contribution < -0.4 is 10.1 Å². The summed E-state index contributed by atoms with van der Waals surface area (Å²) in [5, 5.41) is 3.22. The fourth-order valence-corrected chi connectivity index (χ4v) is 5.69. The van der Waals surface area contributed by atoms with Crippen LogP contribution in [0, 0.1) is 26.2 Å². The van der Waals surface area contributed by atoms with Crippen LogP contribution in [0.2, 0.25) is 0 Å². The van der Waals surface area contributed by atoms with Gasteiger partial charge >= 0.3 is 0 Å². The SMILES string of the molecule is C#Cc1cccc(C(=O)NC2CC3CCC(C2)N3C(C)c2ccc(OCCOC)c(C)c2C)n1. The number of nitrogens with one attached hydrogen (secondary N) is 1. The van der Waals surface area contributed by atoms with E-state index in [4.69, 9.17) is 15.9 Å². The zero-order valence-electron chi connectivity index (χ0n) is 20.6. The molecule has 3 unspecified atom stereocenters. The van der Waals surface area contributed by atoms with Crippen LogP contribution in [0.5, 0.6) is 5.75 Å². The molecule has 6 nitrogen and oxygen atoms in total. The predicted octanol–water partition coefficient (Wildman–Crippen LogP) is 4.19. The summed E-state index contributed by atoms with van der Waals surface area (Å²) in [7, 11) is 1.68. The zero-order valence-corrected chi connectivity index (χ0v) is 20.6. The van der Waals surface area contributed by atoms with E-state index in [1.165, 1.54) is 29.5 Å². The van der Waals surface area contributed by atoms with E-state index in [0.29, 0.717) is 42.7 Å². The lowest BCUT2D eigenvalue weighted by molar-refractivity contribution is 0.0687. The van der Waals surface area contributed by atoms with Crippen molar-refractivity contribution in [2.45, 2.75) is 70.6 Å². The van der Waals surface area contributed by atoms with Gasteiger partial charge in [0.25, 0.3) is 5.91 Å². The van der Waals surface area contributed by atoms with Crippen molar-refractivity contribution in [1.29, 1.82) is 0 Å². The minimum absolute atomic E-state index is 0.140. The van der Waals surface area contributed by atoms with Crippen molar-refractivity contribution in [3.63, 3.8) is 0 Å². The van der Waals surface area contributed by atoms with Gasteiger partial charge in [0, 0.05) is 31.3 Å². The van der Waals surface area contributed by atoms with Gasteiger partial charge in [0.2, 0.25) is 0 Å². The predicted molar refractivity (Wildman–Crippen MR) is 133 cm³/mol. The van der Waals surface area contributed by atoms with Crippen LogP contribution in [-0.2, 0) is 4.74 Å². The quantitative estimate of drug-likeness (QED) is 0.472. The maximum Gasteiger partial charge on any atom is 0.270 e. The molecule has 0 radical (unpaired) electrons. The Labute approximate surface area is 203 Å². The Bertz CT molecular complexity index is 1060. The van der Waals surface area contributed by atoms with Gasteiger partial charge < -0.3 is 14.8 Å². The number of carbonyl (C=O) groups excluding carboxylic acids is 1. The Hall–Kier alpha value is -2.88. The number of terminal acetylenes is 1. The van der Waals surface area contributed by atoms with E-state index in [1.54, 1.807) is 25.3 Å². The summed E-state index contributed by atoms with van der Waals surface area (Å²) >= 11 is 0. The van der Waals surface area contributed by atoms with Crippen LogP contribution in [-0.4, -0.2) is 54.2 Å². The average molecular weight is 462 g/mol. The van der Waals surface area contributed by atoms with Gasteiger partial charge in [-0.1, -0.05) is 18.1 Å². The van der Waals surface area contributed by atoms with Gasteiger partial charge in [0.05, 0.1) is 6.61 Å². The van der Waals surface area contributed by atoms with Crippen molar-refractivity contribution < 1.29 is 14.3 Å². The van der Waals surface area contributed by atoms with Gasteiger partial charge in [0.15, 0.2) is 0 Å². The second-order valence-corrected chi connectivity index (χ2v) is 9.45. The van der Waals surface area contributed by atoms with Crippen LogP contribution in [0.25, 0.3) is 0 Å². The maximum absolute atomic E-state index is 12.8. The summed E-state index contributed by atoms with van der Waals surface area (Å²) in [6, 6.07) is 10.9. The van der Waals surface area contributed by atoms with Crippen LogP contribution in [0.3, 0.4) is 0 Å². The van der Waals surface area contributed by atoms with Gasteiger partial charge in [-0.2, -0.15) is 0 Å². The molecule has 2 aliphatic rings. The Kier molecular flexibility index (Phi) is 7.55. The second kappa shape index (κ2) is 10.6. The third-order valence-corrected chi connectivity index (χ3v) is 7.48. The minimum Gasteiger partial charge on any atom is -0.491 e. The molecule has 4 rings (SSSR count). The number of methoxy groups -OCH3 is 1. The molecule has 1 N–H and O–H groups in total. The van der Waals surface area contributed by atoms with Crippen molar-refractivity contribution in [3.8, 4) is 18.1 Å². The van der Waals surface area contributed by atoms with Crippen molar-refractivity contribution in [3.05, 3.63) is 58.4 Å². The lowest BCUT2D eigenvalue weighted by atomic mass is 9.91. The Morgan fingerprint density at radius 2 is 1.91 bits per heavy atom. The molecule has 2 saturated heterocycles. The molecule has 1 aromatic carbocycles. The smallest absolute Gasteiger partial charge is 0.270 e. The number of pyridine rings is 1. The molecule has 0 aliphatic carbocycles. The summed E-state index contributed by atoms with van der Waals surface area (Å²) < 4.78 is 11.0. The van der Waals surface area contributed by atoms with Crippen molar-refractivity contribution in [2.75, 3.05) is 20.3 Å². The van der Waals surface area contributed by atoms with E-state index in [-0.39, 0.29) is 11.9 Å². The highest BCUT2D eigenvalue weighted by molar-refractivity contribution is 5.92. The second-order valence-electron chi connectivity index (χ2n) is 9.45. The number of hydrogen-bond donors (Lipinski definition) is 1. The summed E-state index contributed by atoms with van der Waals surface area (Å²) in [5.41, 5.74) is 4.70. The lowest BCUT2D eigenvalue weighted by Gasteiger charge is -2.43. The third kappa shape index (κ3) is 4.96. The number of piperidine rings is 1. The van der Waals surface area contributed by atoms with E-state index in [9.17, 15) is 4.79 Å².